The summed E-state index contributed by atoms with van der Waals surface area (Å²) < 4.78 is 23.7. The van der Waals surface area contributed by atoms with E-state index in [1.165, 1.54) is 24.3 Å². The number of hydrogen-bond acceptors (Lipinski definition) is 4. The van der Waals surface area contributed by atoms with Gasteiger partial charge in [0.15, 0.2) is 0 Å². The standard InChI is InChI=1S/C20H23FN2O4/c1-2-26-17-9-11-18(12-10-17)27-13-3-4-19(24)22-23-20(25)14-15-5-7-16(21)8-6-15/h5-12H,2-4,13-14H2,1H3,(H,22,24)(H,23,25). The largest absolute Gasteiger partial charge is 0.494 e. The van der Waals surface area contributed by atoms with Crippen LogP contribution in [0.1, 0.15) is 25.3 Å². The molecule has 144 valence electrons. The van der Waals surface area contributed by atoms with Crippen molar-refractivity contribution in [2.75, 3.05) is 13.2 Å². The molecule has 27 heavy (non-hydrogen) atoms. The normalized spacial score (nSPS) is 10.1. The van der Waals surface area contributed by atoms with Gasteiger partial charge in [-0.25, -0.2) is 4.39 Å². The van der Waals surface area contributed by atoms with Crippen molar-refractivity contribution in [3.63, 3.8) is 0 Å². The maximum Gasteiger partial charge on any atom is 0.242 e. The highest BCUT2D eigenvalue weighted by molar-refractivity contribution is 5.83. The van der Waals surface area contributed by atoms with Crippen molar-refractivity contribution in [1.29, 1.82) is 0 Å². The topological polar surface area (TPSA) is 76.7 Å². The van der Waals surface area contributed by atoms with Gasteiger partial charge in [-0.2, -0.15) is 0 Å². The average molecular weight is 374 g/mol. The number of rotatable bonds is 9. The molecule has 0 aliphatic heterocycles. The van der Waals surface area contributed by atoms with Crippen molar-refractivity contribution < 1.29 is 23.5 Å². The van der Waals surface area contributed by atoms with Crippen molar-refractivity contribution in [2.24, 2.45) is 0 Å². The van der Waals surface area contributed by atoms with E-state index in [4.69, 9.17) is 9.47 Å². The van der Waals surface area contributed by atoms with E-state index in [1.54, 1.807) is 12.1 Å². The predicted octanol–water partition coefficient (Wildman–Crippen LogP) is 2.77. The van der Waals surface area contributed by atoms with Gasteiger partial charge < -0.3 is 9.47 Å². The molecule has 0 radical (unpaired) electrons. The molecule has 0 aliphatic rings. The number of carbonyl (C=O) groups is 2. The molecule has 0 fully saturated rings. The number of nitrogens with one attached hydrogen (secondary N) is 2. The lowest BCUT2D eigenvalue weighted by atomic mass is 10.1. The molecule has 6 nitrogen and oxygen atoms in total. The number of carbonyl (C=O) groups excluding carboxylic acids is 2. The summed E-state index contributed by atoms with van der Waals surface area (Å²) in [4.78, 5) is 23.5. The Hall–Kier alpha value is -3.09. The first kappa shape index (κ1) is 20.2. The van der Waals surface area contributed by atoms with Gasteiger partial charge in [0.1, 0.15) is 17.3 Å². The third kappa shape index (κ3) is 7.77. The summed E-state index contributed by atoms with van der Waals surface area (Å²) in [5.74, 6) is 0.435. The van der Waals surface area contributed by atoms with Crippen LogP contribution in [-0.4, -0.2) is 25.0 Å². The molecule has 2 aromatic carbocycles. The Kier molecular flexibility index (Phi) is 8.09. The number of benzene rings is 2. The van der Waals surface area contributed by atoms with E-state index in [1.807, 2.05) is 19.1 Å². The van der Waals surface area contributed by atoms with Crippen LogP contribution in [0.2, 0.25) is 0 Å². The van der Waals surface area contributed by atoms with Gasteiger partial charge in [0.05, 0.1) is 19.6 Å². The second-order valence-electron chi connectivity index (χ2n) is 5.76. The van der Waals surface area contributed by atoms with E-state index < -0.39 is 0 Å². The van der Waals surface area contributed by atoms with Crippen molar-refractivity contribution in [1.82, 2.24) is 10.9 Å². The Morgan fingerprint density at radius 3 is 2.11 bits per heavy atom. The number of hydrazine groups is 1. The number of hydrogen-bond donors (Lipinski definition) is 2. The van der Waals surface area contributed by atoms with Crippen LogP contribution in [-0.2, 0) is 16.0 Å². The zero-order chi connectivity index (χ0) is 19.5. The van der Waals surface area contributed by atoms with E-state index in [-0.39, 0.29) is 30.5 Å². The van der Waals surface area contributed by atoms with E-state index in [0.29, 0.717) is 30.9 Å². The molecule has 0 heterocycles. The highest BCUT2D eigenvalue weighted by Gasteiger charge is 2.06. The van der Waals surface area contributed by atoms with Crippen LogP contribution < -0.4 is 20.3 Å². The van der Waals surface area contributed by atoms with Crippen LogP contribution in [0, 0.1) is 5.82 Å². The Labute approximate surface area is 157 Å². The molecular weight excluding hydrogens is 351 g/mol. The number of amides is 2. The Bertz CT molecular complexity index is 733. The van der Waals surface area contributed by atoms with E-state index in [9.17, 15) is 14.0 Å². The molecule has 0 bridgehead atoms. The fourth-order valence-corrected chi connectivity index (χ4v) is 2.26. The number of halogens is 1. The maximum absolute atomic E-state index is 12.8. The van der Waals surface area contributed by atoms with Gasteiger partial charge in [-0.05, 0) is 55.3 Å². The fraction of sp³-hybridized carbons (Fsp3) is 0.300. The summed E-state index contributed by atoms with van der Waals surface area (Å²) in [5.41, 5.74) is 5.34. The first-order valence-electron chi connectivity index (χ1n) is 8.74. The molecule has 0 atom stereocenters. The van der Waals surface area contributed by atoms with Crippen LogP contribution in [0.15, 0.2) is 48.5 Å². The van der Waals surface area contributed by atoms with Gasteiger partial charge in [-0.15, -0.1) is 0 Å². The van der Waals surface area contributed by atoms with Crippen molar-refractivity contribution in [3.8, 4) is 11.5 Å². The summed E-state index contributed by atoms with van der Waals surface area (Å²) in [6.45, 7) is 2.90. The fourth-order valence-electron chi connectivity index (χ4n) is 2.26. The first-order valence-corrected chi connectivity index (χ1v) is 8.74. The van der Waals surface area contributed by atoms with Crippen LogP contribution in [0.5, 0.6) is 11.5 Å². The first-order chi connectivity index (χ1) is 13.1. The molecule has 0 aliphatic carbocycles. The Balaban J connectivity index is 1.59. The smallest absolute Gasteiger partial charge is 0.242 e. The molecule has 2 N–H and O–H groups in total. The van der Waals surface area contributed by atoms with Crippen LogP contribution >= 0.6 is 0 Å². The minimum absolute atomic E-state index is 0.0570. The maximum atomic E-state index is 12.8. The van der Waals surface area contributed by atoms with Gasteiger partial charge in [0.2, 0.25) is 11.8 Å². The second kappa shape index (κ2) is 10.8. The molecule has 0 saturated heterocycles. The molecule has 0 spiro atoms. The summed E-state index contributed by atoms with van der Waals surface area (Å²) >= 11 is 0. The summed E-state index contributed by atoms with van der Waals surface area (Å²) in [5, 5.41) is 0. The zero-order valence-corrected chi connectivity index (χ0v) is 15.2. The van der Waals surface area contributed by atoms with E-state index in [2.05, 4.69) is 10.9 Å². The second-order valence-corrected chi connectivity index (χ2v) is 5.76. The predicted molar refractivity (Wildman–Crippen MR) is 98.7 cm³/mol. The third-order valence-corrected chi connectivity index (χ3v) is 3.57. The van der Waals surface area contributed by atoms with Gasteiger partial charge in [0, 0.05) is 6.42 Å². The van der Waals surface area contributed by atoms with Crippen LogP contribution in [0.3, 0.4) is 0 Å². The van der Waals surface area contributed by atoms with Crippen LogP contribution in [0.4, 0.5) is 4.39 Å². The minimum atomic E-state index is -0.374. The molecule has 2 aromatic rings. The van der Waals surface area contributed by atoms with E-state index in [0.717, 1.165) is 5.75 Å². The lowest BCUT2D eigenvalue weighted by molar-refractivity contribution is -0.128. The Morgan fingerprint density at radius 1 is 0.889 bits per heavy atom. The van der Waals surface area contributed by atoms with Crippen molar-refractivity contribution >= 4 is 11.8 Å². The van der Waals surface area contributed by atoms with Gasteiger partial charge >= 0.3 is 0 Å². The van der Waals surface area contributed by atoms with Crippen molar-refractivity contribution in [2.45, 2.75) is 26.2 Å². The SMILES string of the molecule is CCOc1ccc(OCCCC(=O)NNC(=O)Cc2ccc(F)cc2)cc1. The molecule has 0 saturated carbocycles. The third-order valence-electron chi connectivity index (χ3n) is 3.57. The van der Waals surface area contributed by atoms with Gasteiger partial charge in [-0.3, -0.25) is 20.4 Å². The van der Waals surface area contributed by atoms with Crippen LogP contribution in [0.25, 0.3) is 0 Å². The summed E-state index contributed by atoms with van der Waals surface area (Å²) in [6, 6.07) is 12.9. The van der Waals surface area contributed by atoms with Gasteiger partial charge in [-0.1, -0.05) is 12.1 Å². The Morgan fingerprint density at radius 2 is 1.48 bits per heavy atom. The molecule has 0 aromatic heterocycles. The molecule has 2 amide bonds. The lowest BCUT2D eigenvalue weighted by Gasteiger charge is -2.09. The van der Waals surface area contributed by atoms with Gasteiger partial charge in [0.25, 0.3) is 0 Å². The quantitative estimate of drug-likeness (QED) is 0.523. The lowest BCUT2D eigenvalue weighted by Crippen LogP contribution is -2.42. The molecule has 7 heteroatoms. The average Bonchev–Trinajstić information content (AvgIpc) is 2.67. The minimum Gasteiger partial charge on any atom is -0.494 e. The monoisotopic (exact) mass is 374 g/mol. The molecule has 2 rings (SSSR count). The highest BCUT2D eigenvalue weighted by Crippen LogP contribution is 2.17. The molecular formula is C20H23FN2O4. The molecule has 0 unspecified atom stereocenters. The van der Waals surface area contributed by atoms with E-state index >= 15 is 0 Å². The van der Waals surface area contributed by atoms with Crippen molar-refractivity contribution in [3.05, 3.63) is 59.9 Å². The summed E-state index contributed by atoms with van der Waals surface area (Å²) in [6.07, 6.45) is 0.780. The highest BCUT2D eigenvalue weighted by atomic mass is 19.1. The zero-order valence-electron chi connectivity index (χ0n) is 15.2. The number of ether oxygens (including phenoxy) is 2. The summed E-state index contributed by atoms with van der Waals surface area (Å²) in [7, 11) is 0.